The van der Waals surface area contributed by atoms with Crippen LogP contribution in [0.3, 0.4) is 0 Å². The zero-order valence-corrected chi connectivity index (χ0v) is 9.56. The highest BCUT2D eigenvalue weighted by Gasteiger charge is 2.20. The Morgan fingerprint density at radius 1 is 1.47 bits per heavy atom. The van der Waals surface area contributed by atoms with Gasteiger partial charge >= 0.3 is 5.97 Å². The smallest absolute Gasteiger partial charge is 0.308 e. The van der Waals surface area contributed by atoms with E-state index in [-0.39, 0.29) is 19.4 Å². The monoisotopic (exact) mass is 219 g/mol. The van der Waals surface area contributed by atoms with Gasteiger partial charge in [-0.1, -0.05) is 0 Å². The van der Waals surface area contributed by atoms with Crippen LogP contribution in [-0.2, 0) is 9.53 Å². The lowest BCUT2D eigenvalue weighted by Crippen LogP contribution is -2.32. The second-order valence-corrected chi connectivity index (χ2v) is 4.62. The van der Waals surface area contributed by atoms with Crippen molar-refractivity contribution in [1.82, 2.24) is 0 Å². The molecular weight excluding hydrogens is 198 g/mol. The lowest BCUT2D eigenvalue weighted by molar-refractivity contribution is -0.157. The summed E-state index contributed by atoms with van der Waals surface area (Å²) in [4.78, 5) is 11.3. The second-order valence-electron chi connectivity index (χ2n) is 4.62. The molecule has 0 rings (SSSR count). The van der Waals surface area contributed by atoms with E-state index in [2.05, 4.69) is 0 Å². The van der Waals surface area contributed by atoms with Gasteiger partial charge in [-0.15, -0.1) is 0 Å². The molecule has 0 saturated heterocycles. The maximum Gasteiger partial charge on any atom is 0.308 e. The third-order valence-corrected chi connectivity index (χ3v) is 1.63. The number of nitrogens with two attached hydrogens (primary N) is 1. The van der Waals surface area contributed by atoms with Gasteiger partial charge < -0.3 is 20.7 Å². The van der Waals surface area contributed by atoms with Crippen molar-refractivity contribution in [1.29, 1.82) is 0 Å². The minimum Gasteiger partial charge on any atom is -0.460 e. The summed E-state index contributed by atoms with van der Waals surface area (Å²) >= 11 is 0. The van der Waals surface area contributed by atoms with E-state index in [1.165, 1.54) is 0 Å². The molecule has 0 amide bonds. The Morgan fingerprint density at radius 2 is 2.00 bits per heavy atom. The number of rotatable bonds is 5. The van der Waals surface area contributed by atoms with E-state index in [9.17, 15) is 9.90 Å². The molecule has 2 unspecified atom stereocenters. The van der Waals surface area contributed by atoms with Gasteiger partial charge in [0.05, 0.1) is 19.1 Å². The molecule has 5 heteroatoms. The van der Waals surface area contributed by atoms with Crippen LogP contribution < -0.4 is 5.73 Å². The fourth-order valence-corrected chi connectivity index (χ4v) is 1.08. The lowest BCUT2D eigenvalue weighted by Gasteiger charge is -2.21. The van der Waals surface area contributed by atoms with Crippen LogP contribution in [0.15, 0.2) is 0 Å². The van der Waals surface area contributed by atoms with Crippen LogP contribution in [0.2, 0.25) is 0 Å². The van der Waals surface area contributed by atoms with Gasteiger partial charge in [-0.2, -0.15) is 0 Å². The Bertz CT molecular complexity index is 200. The van der Waals surface area contributed by atoms with Crippen molar-refractivity contribution in [3.8, 4) is 0 Å². The van der Waals surface area contributed by atoms with Crippen molar-refractivity contribution in [2.75, 3.05) is 6.61 Å². The number of ether oxygens (including phenoxy) is 1. The van der Waals surface area contributed by atoms with E-state index in [4.69, 9.17) is 15.6 Å². The average molecular weight is 219 g/mol. The Balaban J connectivity index is 3.87. The zero-order valence-electron chi connectivity index (χ0n) is 9.56. The number of hydrogen-bond donors (Lipinski definition) is 3. The largest absolute Gasteiger partial charge is 0.460 e. The van der Waals surface area contributed by atoms with E-state index in [0.29, 0.717) is 0 Å². The topological polar surface area (TPSA) is 92.8 Å². The third-order valence-electron chi connectivity index (χ3n) is 1.63. The minimum absolute atomic E-state index is 0.0923. The molecule has 0 aromatic heterocycles. The van der Waals surface area contributed by atoms with Gasteiger partial charge in [0.25, 0.3) is 0 Å². The molecule has 0 aromatic rings. The third kappa shape index (κ3) is 8.35. The summed E-state index contributed by atoms with van der Waals surface area (Å²) in [5.74, 6) is -0.458. The summed E-state index contributed by atoms with van der Waals surface area (Å²) in [5.41, 5.74) is 4.87. The Hall–Kier alpha value is -0.650. The maximum atomic E-state index is 11.3. The Kier molecular flexibility index (Phi) is 5.79. The van der Waals surface area contributed by atoms with Gasteiger partial charge in [0.15, 0.2) is 0 Å². The first-order valence-corrected chi connectivity index (χ1v) is 5.01. The lowest BCUT2D eigenvalue weighted by atomic mass is 10.1. The highest BCUT2D eigenvalue weighted by atomic mass is 16.6. The summed E-state index contributed by atoms with van der Waals surface area (Å²) in [7, 11) is 0. The number of aliphatic hydroxyl groups is 2. The molecule has 0 bridgehead atoms. The molecule has 90 valence electrons. The van der Waals surface area contributed by atoms with Crippen LogP contribution >= 0.6 is 0 Å². The normalized spacial score (nSPS) is 15.9. The molecule has 0 radical (unpaired) electrons. The quantitative estimate of drug-likeness (QED) is 0.556. The van der Waals surface area contributed by atoms with E-state index in [0.717, 1.165) is 0 Å². The van der Waals surface area contributed by atoms with Gasteiger partial charge in [-0.3, -0.25) is 4.79 Å². The number of aliphatic hydroxyl groups excluding tert-OH is 2. The zero-order chi connectivity index (χ0) is 12.1. The molecule has 4 N–H and O–H groups in total. The fraction of sp³-hybridized carbons (Fsp3) is 0.900. The van der Waals surface area contributed by atoms with Crippen LogP contribution in [0, 0.1) is 0 Å². The van der Waals surface area contributed by atoms with Gasteiger partial charge in [0.2, 0.25) is 0 Å². The Labute approximate surface area is 90.2 Å². The highest BCUT2D eigenvalue weighted by Crippen LogP contribution is 2.10. The van der Waals surface area contributed by atoms with Crippen molar-refractivity contribution in [3.05, 3.63) is 0 Å². The number of carbonyl (C=O) groups excluding carboxylic acids is 1. The van der Waals surface area contributed by atoms with Crippen molar-refractivity contribution in [3.63, 3.8) is 0 Å². The molecule has 0 aliphatic heterocycles. The van der Waals surface area contributed by atoms with Crippen molar-refractivity contribution in [2.45, 2.75) is 51.4 Å². The van der Waals surface area contributed by atoms with Gasteiger partial charge in [-0.05, 0) is 27.2 Å². The summed E-state index contributed by atoms with van der Waals surface area (Å²) in [5, 5.41) is 18.1. The van der Waals surface area contributed by atoms with Crippen LogP contribution in [0.1, 0.15) is 33.6 Å². The molecule has 0 saturated carbocycles. The fourth-order valence-electron chi connectivity index (χ4n) is 1.08. The number of esters is 1. The second kappa shape index (κ2) is 6.05. The molecule has 5 nitrogen and oxygen atoms in total. The first-order valence-electron chi connectivity index (χ1n) is 5.01. The summed E-state index contributed by atoms with van der Waals surface area (Å²) in [6.45, 7) is 5.08. The van der Waals surface area contributed by atoms with Gasteiger partial charge in [0, 0.05) is 6.04 Å². The summed E-state index contributed by atoms with van der Waals surface area (Å²) in [6, 6.07) is -0.498. The van der Waals surface area contributed by atoms with E-state index >= 15 is 0 Å². The predicted molar refractivity (Wildman–Crippen MR) is 56.1 cm³/mol. The van der Waals surface area contributed by atoms with Crippen molar-refractivity contribution >= 4 is 5.97 Å². The maximum absolute atomic E-state index is 11.3. The van der Waals surface area contributed by atoms with Crippen LogP contribution in [0.5, 0.6) is 0 Å². The molecule has 0 spiro atoms. The van der Waals surface area contributed by atoms with Gasteiger partial charge in [-0.25, -0.2) is 0 Å². The minimum atomic E-state index is -0.859. The first-order chi connectivity index (χ1) is 6.74. The predicted octanol–water partition coefficient (Wildman–Crippen LogP) is -0.211. The highest BCUT2D eigenvalue weighted by molar-refractivity contribution is 5.70. The summed E-state index contributed by atoms with van der Waals surface area (Å²) in [6.07, 6.45) is -0.761. The number of hydrogen-bond acceptors (Lipinski definition) is 5. The van der Waals surface area contributed by atoms with Crippen molar-refractivity contribution < 1.29 is 19.7 Å². The molecular formula is C10H21NO4. The number of carbonyl (C=O) groups is 1. The van der Waals surface area contributed by atoms with E-state index in [1.807, 2.05) is 0 Å². The average Bonchev–Trinajstić information content (AvgIpc) is 1.99. The molecule has 0 aliphatic carbocycles. The SMILES string of the molecule is CC(C)(C)OC(=O)CC(O)CC(N)CO. The first kappa shape index (κ1) is 14.3. The van der Waals surface area contributed by atoms with Crippen molar-refractivity contribution in [2.24, 2.45) is 5.73 Å². The van der Waals surface area contributed by atoms with E-state index in [1.54, 1.807) is 20.8 Å². The molecule has 0 aromatic carbocycles. The van der Waals surface area contributed by atoms with E-state index < -0.39 is 23.7 Å². The molecule has 0 heterocycles. The van der Waals surface area contributed by atoms with Gasteiger partial charge in [0.1, 0.15) is 5.60 Å². The Morgan fingerprint density at radius 3 is 2.40 bits per heavy atom. The summed E-state index contributed by atoms with van der Waals surface area (Å²) < 4.78 is 5.02. The standard InChI is InChI=1S/C10H21NO4/c1-10(2,3)15-9(14)5-8(13)4-7(11)6-12/h7-8,12-13H,4-6,11H2,1-3H3. The molecule has 0 aliphatic rings. The van der Waals surface area contributed by atoms with Crippen LogP contribution in [-0.4, -0.2) is 40.5 Å². The van der Waals surface area contributed by atoms with Crippen LogP contribution in [0.4, 0.5) is 0 Å². The molecule has 15 heavy (non-hydrogen) atoms. The molecule has 0 fully saturated rings. The van der Waals surface area contributed by atoms with Crippen LogP contribution in [0.25, 0.3) is 0 Å². The molecule has 2 atom stereocenters.